The summed E-state index contributed by atoms with van der Waals surface area (Å²) in [6.45, 7) is 3.52. The number of nitrogens with one attached hydrogen (secondary N) is 1. The molecular formula is C13H16N4O3S. The van der Waals surface area contributed by atoms with Crippen LogP contribution in [0.15, 0.2) is 29.2 Å². The van der Waals surface area contributed by atoms with Gasteiger partial charge in [0.1, 0.15) is 10.6 Å². The van der Waals surface area contributed by atoms with Crippen molar-refractivity contribution in [2.24, 2.45) is 0 Å². The van der Waals surface area contributed by atoms with Crippen molar-refractivity contribution in [1.29, 1.82) is 0 Å². The number of aromatic nitrogens is 2. The second-order valence-corrected chi connectivity index (χ2v) is 6.14. The molecule has 1 heterocycles. The Morgan fingerprint density at radius 3 is 2.33 bits per heavy atom. The van der Waals surface area contributed by atoms with Gasteiger partial charge in [0.2, 0.25) is 5.95 Å². The van der Waals surface area contributed by atoms with Gasteiger partial charge in [-0.2, -0.15) is 0 Å². The van der Waals surface area contributed by atoms with Gasteiger partial charge < -0.3 is 10.5 Å². The van der Waals surface area contributed by atoms with Crippen molar-refractivity contribution in [3.05, 3.63) is 35.7 Å². The highest BCUT2D eigenvalue weighted by atomic mass is 32.2. The molecule has 2 aromatic rings. The fraction of sp³-hybridized carbons (Fsp3) is 0.231. The van der Waals surface area contributed by atoms with E-state index in [1.54, 1.807) is 19.9 Å². The normalized spacial score (nSPS) is 11.2. The summed E-state index contributed by atoms with van der Waals surface area (Å²) in [7, 11) is -2.49. The summed E-state index contributed by atoms with van der Waals surface area (Å²) in [5.41, 5.74) is 7.37. The third-order valence-corrected chi connectivity index (χ3v) is 4.05. The van der Waals surface area contributed by atoms with Crippen LogP contribution in [0, 0.1) is 13.8 Å². The summed E-state index contributed by atoms with van der Waals surface area (Å²) < 4.78 is 32.2. The number of ether oxygens (including phenoxy) is 1. The molecule has 21 heavy (non-hydrogen) atoms. The molecule has 0 saturated heterocycles. The molecule has 0 aliphatic carbocycles. The van der Waals surface area contributed by atoms with Crippen molar-refractivity contribution < 1.29 is 13.2 Å². The summed E-state index contributed by atoms with van der Waals surface area (Å²) in [5, 5.41) is 0. The molecule has 3 N–H and O–H groups in total. The van der Waals surface area contributed by atoms with Crippen LogP contribution in [0.4, 0.5) is 11.6 Å². The van der Waals surface area contributed by atoms with Crippen molar-refractivity contribution >= 4 is 21.7 Å². The van der Waals surface area contributed by atoms with Gasteiger partial charge in [-0.25, -0.2) is 23.1 Å². The minimum Gasteiger partial charge on any atom is -0.495 e. The number of benzene rings is 1. The van der Waals surface area contributed by atoms with E-state index < -0.39 is 10.0 Å². The van der Waals surface area contributed by atoms with Crippen LogP contribution in [0.5, 0.6) is 5.75 Å². The molecule has 0 radical (unpaired) electrons. The molecule has 1 aromatic carbocycles. The van der Waals surface area contributed by atoms with Crippen LogP contribution >= 0.6 is 0 Å². The number of aryl methyl sites for hydroxylation is 2. The Balaban J connectivity index is 2.43. The maximum atomic E-state index is 12.4. The summed E-state index contributed by atoms with van der Waals surface area (Å²) >= 11 is 0. The van der Waals surface area contributed by atoms with Crippen LogP contribution in [-0.4, -0.2) is 25.5 Å². The summed E-state index contributed by atoms with van der Waals surface area (Å²) in [6.07, 6.45) is 0. The first-order chi connectivity index (χ1) is 9.81. The summed E-state index contributed by atoms with van der Waals surface area (Å²) in [4.78, 5) is 8.08. The summed E-state index contributed by atoms with van der Waals surface area (Å²) in [5.74, 6) is 0.179. The predicted octanol–water partition coefficient (Wildman–Crippen LogP) is 1.49. The molecule has 0 bridgehead atoms. The van der Waals surface area contributed by atoms with Gasteiger partial charge in [0.05, 0.1) is 7.11 Å². The molecule has 0 aliphatic rings. The molecule has 0 fully saturated rings. The van der Waals surface area contributed by atoms with Gasteiger partial charge in [0, 0.05) is 23.1 Å². The first kappa shape index (κ1) is 15.0. The number of anilines is 2. The van der Waals surface area contributed by atoms with Gasteiger partial charge in [0.25, 0.3) is 10.0 Å². The van der Waals surface area contributed by atoms with E-state index in [1.807, 2.05) is 0 Å². The maximum absolute atomic E-state index is 12.4. The van der Waals surface area contributed by atoms with E-state index in [9.17, 15) is 8.42 Å². The zero-order valence-electron chi connectivity index (χ0n) is 11.9. The van der Waals surface area contributed by atoms with Crippen molar-refractivity contribution in [2.75, 3.05) is 17.6 Å². The Hall–Kier alpha value is -2.35. The Morgan fingerprint density at radius 1 is 1.14 bits per heavy atom. The van der Waals surface area contributed by atoms with Gasteiger partial charge in [-0.15, -0.1) is 0 Å². The van der Waals surface area contributed by atoms with Crippen molar-refractivity contribution in [3.63, 3.8) is 0 Å². The Morgan fingerprint density at radius 2 is 1.76 bits per heavy atom. The molecule has 8 heteroatoms. The largest absolute Gasteiger partial charge is 0.495 e. The molecule has 0 saturated carbocycles. The standard InChI is InChI=1S/C13H16N4O3S/c1-8-6-9(2)16-13(15-8)17-21(18,19)12-5-4-10(14)7-11(12)20-3/h4-7H,14H2,1-3H3,(H,15,16,17). The number of nitrogens with two attached hydrogens (primary N) is 1. The van der Waals surface area contributed by atoms with Gasteiger partial charge in [-0.05, 0) is 32.0 Å². The monoisotopic (exact) mass is 308 g/mol. The second-order valence-electron chi connectivity index (χ2n) is 4.49. The third-order valence-electron chi connectivity index (χ3n) is 2.69. The lowest BCUT2D eigenvalue weighted by molar-refractivity contribution is 0.403. The number of rotatable bonds is 4. The van der Waals surface area contributed by atoms with E-state index in [0.29, 0.717) is 17.1 Å². The van der Waals surface area contributed by atoms with E-state index >= 15 is 0 Å². The van der Waals surface area contributed by atoms with Crippen molar-refractivity contribution in [3.8, 4) is 5.75 Å². The molecule has 112 valence electrons. The molecule has 0 amide bonds. The zero-order chi connectivity index (χ0) is 15.6. The van der Waals surface area contributed by atoms with E-state index in [4.69, 9.17) is 10.5 Å². The topological polar surface area (TPSA) is 107 Å². The van der Waals surface area contributed by atoms with Gasteiger partial charge >= 0.3 is 0 Å². The van der Waals surface area contributed by atoms with Crippen LogP contribution in [0.2, 0.25) is 0 Å². The van der Waals surface area contributed by atoms with E-state index in [0.717, 1.165) is 0 Å². The number of hydrogen-bond acceptors (Lipinski definition) is 6. The van der Waals surface area contributed by atoms with Crippen LogP contribution in [0.1, 0.15) is 11.4 Å². The highest BCUT2D eigenvalue weighted by Gasteiger charge is 2.21. The average molecular weight is 308 g/mol. The maximum Gasteiger partial charge on any atom is 0.267 e. The predicted molar refractivity (Wildman–Crippen MR) is 79.7 cm³/mol. The average Bonchev–Trinajstić information content (AvgIpc) is 2.36. The molecule has 0 aliphatic heterocycles. The Labute approximate surface area is 123 Å². The fourth-order valence-electron chi connectivity index (χ4n) is 1.85. The number of methoxy groups -OCH3 is 1. The first-order valence-corrected chi connectivity index (χ1v) is 7.59. The van der Waals surface area contributed by atoms with Crippen LogP contribution in [0.25, 0.3) is 0 Å². The van der Waals surface area contributed by atoms with Gasteiger partial charge in [-0.3, -0.25) is 0 Å². The minimum absolute atomic E-state index is 0.0198. The van der Waals surface area contributed by atoms with Gasteiger partial charge in [-0.1, -0.05) is 0 Å². The van der Waals surface area contributed by atoms with Crippen molar-refractivity contribution in [2.45, 2.75) is 18.7 Å². The van der Waals surface area contributed by atoms with Gasteiger partial charge in [0.15, 0.2) is 0 Å². The van der Waals surface area contributed by atoms with E-state index in [-0.39, 0.29) is 16.6 Å². The lowest BCUT2D eigenvalue weighted by Crippen LogP contribution is -2.16. The fourth-order valence-corrected chi connectivity index (χ4v) is 2.95. The zero-order valence-corrected chi connectivity index (χ0v) is 12.7. The number of sulfonamides is 1. The van der Waals surface area contributed by atoms with Crippen molar-refractivity contribution in [1.82, 2.24) is 9.97 Å². The van der Waals surface area contributed by atoms with Crippen LogP contribution < -0.4 is 15.2 Å². The highest BCUT2D eigenvalue weighted by molar-refractivity contribution is 7.92. The smallest absolute Gasteiger partial charge is 0.267 e. The lowest BCUT2D eigenvalue weighted by atomic mass is 10.3. The Kier molecular flexibility index (Phi) is 3.99. The molecule has 0 unspecified atom stereocenters. The minimum atomic E-state index is -3.86. The Bertz CT molecular complexity index is 755. The van der Waals surface area contributed by atoms with E-state index in [2.05, 4.69) is 14.7 Å². The first-order valence-electron chi connectivity index (χ1n) is 6.10. The number of nitrogen functional groups attached to an aromatic ring is 1. The molecule has 0 atom stereocenters. The van der Waals surface area contributed by atoms with E-state index in [1.165, 1.54) is 25.3 Å². The molecule has 0 spiro atoms. The molecule has 2 rings (SSSR count). The number of hydrogen-bond donors (Lipinski definition) is 2. The third kappa shape index (κ3) is 3.40. The molecular weight excluding hydrogens is 292 g/mol. The quantitative estimate of drug-likeness (QED) is 0.829. The summed E-state index contributed by atoms with van der Waals surface area (Å²) in [6, 6.07) is 6.05. The van der Waals surface area contributed by atoms with Crippen LogP contribution in [-0.2, 0) is 10.0 Å². The lowest BCUT2D eigenvalue weighted by Gasteiger charge is -2.11. The second kappa shape index (κ2) is 5.57. The SMILES string of the molecule is COc1cc(N)ccc1S(=O)(=O)Nc1nc(C)cc(C)n1. The highest BCUT2D eigenvalue weighted by Crippen LogP contribution is 2.27. The molecule has 7 nitrogen and oxygen atoms in total. The van der Waals surface area contributed by atoms with Crippen LogP contribution in [0.3, 0.4) is 0 Å². The molecule has 1 aromatic heterocycles. The number of nitrogens with zero attached hydrogens (tertiary/aromatic N) is 2.